The molecule has 1 N–H and O–H groups in total. The summed E-state index contributed by atoms with van der Waals surface area (Å²) in [5.41, 5.74) is 0.0510. The van der Waals surface area contributed by atoms with Crippen LogP contribution >= 0.6 is 0 Å². The van der Waals surface area contributed by atoms with Crippen LogP contribution in [0.3, 0.4) is 0 Å². The van der Waals surface area contributed by atoms with E-state index in [1.807, 2.05) is 0 Å². The van der Waals surface area contributed by atoms with Crippen molar-refractivity contribution >= 4 is 5.91 Å². The summed E-state index contributed by atoms with van der Waals surface area (Å²) >= 11 is 0. The molecule has 0 aromatic carbocycles. The van der Waals surface area contributed by atoms with Gasteiger partial charge in [0.15, 0.2) is 0 Å². The van der Waals surface area contributed by atoms with E-state index in [0.29, 0.717) is 11.9 Å². The smallest absolute Gasteiger partial charge is 0.226 e. The Hall–Kier alpha value is -0.530. The Morgan fingerprint density at radius 1 is 0.950 bits per heavy atom. The Morgan fingerprint density at radius 2 is 1.55 bits per heavy atom. The van der Waals surface area contributed by atoms with E-state index < -0.39 is 0 Å². The lowest BCUT2D eigenvalue weighted by atomic mass is 9.49. The lowest BCUT2D eigenvalue weighted by Gasteiger charge is -2.56. The van der Waals surface area contributed by atoms with Crippen LogP contribution < -0.4 is 5.32 Å². The molecule has 1 amide bonds. The van der Waals surface area contributed by atoms with E-state index in [4.69, 9.17) is 0 Å². The largest absolute Gasteiger partial charge is 0.353 e. The van der Waals surface area contributed by atoms with Gasteiger partial charge in [-0.2, -0.15) is 0 Å². The van der Waals surface area contributed by atoms with Crippen LogP contribution in [0.4, 0.5) is 0 Å². The van der Waals surface area contributed by atoms with Crippen LogP contribution in [0.1, 0.15) is 71.1 Å². The van der Waals surface area contributed by atoms with Crippen molar-refractivity contribution < 1.29 is 4.79 Å². The van der Waals surface area contributed by atoms with Gasteiger partial charge in [-0.1, -0.05) is 19.8 Å². The molecule has 2 heteroatoms. The van der Waals surface area contributed by atoms with Crippen molar-refractivity contribution in [3.63, 3.8) is 0 Å². The van der Waals surface area contributed by atoms with Gasteiger partial charge < -0.3 is 5.32 Å². The van der Waals surface area contributed by atoms with Gasteiger partial charge in [-0.25, -0.2) is 0 Å². The average Bonchev–Trinajstić information content (AvgIpc) is 2.37. The molecule has 0 aromatic rings. The van der Waals surface area contributed by atoms with Gasteiger partial charge in [-0.05, 0) is 75.0 Å². The predicted molar refractivity (Wildman–Crippen MR) is 80.2 cm³/mol. The molecule has 2 nitrogen and oxygen atoms in total. The van der Waals surface area contributed by atoms with E-state index in [1.54, 1.807) is 0 Å². The molecule has 0 aromatic heterocycles. The van der Waals surface area contributed by atoms with E-state index in [9.17, 15) is 4.79 Å². The summed E-state index contributed by atoms with van der Waals surface area (Å²) in [5, 5.41) is 3.47. The molecule has 0 saturated heterocycles. The van der Waals surface area contributed by atoms with Crippen LogP contribution in [0, 0.1) is 29.1 Å². The third-order valence-electron chi connectivity index (χ3n) is 6.79. The summed E-state index contributed by atoms with van der Waals surface area (Å²) in [6.07, 6.45) is 12.9. The minimum atomic E-state index is 0.0510. The number of hydrogen-bond acceptors (Lipinski definition) is 1. The second kappa shape index (κ2) is 4.74. The Balaban J connectivity index is 1.45. The van der Waals surface area contributed by atoms with Gasteiger partial charge in [0.1, 0.15) is 0 Å². The maximum absolute atomic E-state index is 13.0. The van der Waals surface area contributed by atoms with Crippen molar-refractivity contribution in [2.45, 2.75) is 77.2 Å². The first-order valence-corrected chi connectivity index (χ1v) is 8.94. The van der Waals surface area contributed by atoms with Crippen LogP contribution in [-0.2, 0) is 4.79 Å². The van der Waals surface area contributed by atoms with Gasteiger partial charge in [-0.15, -0.1) is 0 Å². The molecule has 0 spiro atoms. The third kappa shape index (κ3) is 2.19. The van der Waals surface area contributed by atoms with E-state index in [-0.39, 0.29) is 5.41 Å². The number of hydrogen-bond donors (Lipinski definition) is 1. The Morgan fingerprint density at radius 3 is 2.10 bits per heavy atom. The molecule has 2 atom stereocenters. The molecule has 5 aliphatic carbocycles. The number of carbonyl (C=O) groups excluding carboxylic acids is 1. The fraction of sp³-hybridized carbons (Fsp3) is 0.944. The second-order valence-corrected chi connectivity index (χ2v) is 8.64. The number of rotatable bonds is 2. The monoisotopic (exact) mass is 275 g/mol. The first-order valence-electron chi connectivity index (χ1n) is 8.94. The predicted octanol–water partition coefficient (Wildman–Crippen LogP) is 3.90. The SMILES string of the molecule is C[C@H]1CCC[C@H](NC(=O)C23CC4CC(CC(C4)C2)C3)C1. The Labute approximate surface area is 123 Å². The quantitative estimate of drug-likeness (QED) is 0.813. The molecule has 5 rings (SSSR count). The molecule has 0 aliphatic heterocycles. The molecule has 5 fully saturated rings. The van der Waals surface area contributed by atoms with E-state index >= 15 is 0 Å². The van der Waals surface area contributed by atoms with E-state index in [1.165, 1.54) is 64.2 Å². The van der Waals surface area contributed by atoms with Crippen LogP contribution in [-0.4, -0.2) is 11.9 Å². The zero-order valence-corrected chi connectivity index (χ0v) is 12.9. The lowest BCUT2D eigenvalue weighted by molar-refractivity contribution is -0.147. The molecular formula is C18H29NO. The highest BCUT2D eigenvalue weighted by Gasteiger charge is 2.54. The topological polar surface area (TPSA) is 29.1 Å². The van der Waals surface area contributed by atoms with Crippen molar-refractivity contribution in [3.8, 4) is 0 Å². The van der Waals surface area contributed by atoms with Crippen molar-refractivity contribution in [1.29, 1.82) is 0 Å². The van der Waals surface area contributed by atoms with Crippen LogP contribution in [0.15, 0.2) is 0 Å². The minimum absolute atomic E-state index is 0.0510. The summed E-state index contributed by atoms with van der Waals surface area (Å²) < 4.78 is 0. The van der Waals surface area contributed by atoms with Crippen molar-refractivity contribution in [3.05, 3.63) is 0 Å². The van der Waals surface area contributed by atoms with Gasteiger partial charge in [0, 0.05) is 11.5 Å². The van der Waals surface area contributed by atoms with Gasteiger partial charge in [0.25, 0.3) is 0 Å². The maximum Gasteiger partial charge on any atom is 0.226 e. The van der Waals surface area contributed by atoms with Crippen molar-refractivity contribution in [2.75, 3.05) is 0 Å². The Bertz CT molecular complexity index is 367. The molecule has 5 aliphatic rings. The number of carbonyl (C=O) groups is 1. The van der Waals surface area contributed by atoms with Gasteiger partial charge in [0.05, 0.1) is 0 Å². The van der Waals surface area contributed by atoms with Crippen molar-refractivity contribution in [1.82, 2.24) is 5.32 Å². The summed E-state index contributed by atoms with van der Waals surface area (Å²) in [5.74, 6) is 3.85. The fourth-order valence-corrected chi connectivity index (χ4v) is 6.29. The highest BCUT2D eigenvalue weighted by Crippen LogP contribution is 2.60. The maximum atomic E-state index is 13.0. The van der Waals surface area contributed by atoms with Gasteiger partial charge in [0.2, 0.25) is 5.91 Å². The minimum Gasteiger partial charge on any atom is -0.353 e. The number of amides is 1. The fourth-order valence-electron chi connectivity index (χ4n) is 6.29. The highest BCUT2D eigenvalue weighted by atomic mass is 16.2. The zero-order valence-electron chi connectivity index (χ0n) is 12.9. The molecular weight excluding hydrogens is 246 g/mol. The molecule has 0 unspecified atom stereocenters. The average molecular weight is 275 g/mol. The first kappa shape index (κ1) is 13.2. The molecule has 0 heterocycles. The van der Waals surface area contributed by atoms with E-state index in [0.717, 1.165) is 23.7 Å². The van der Waals surface area contributed by atoms with Crippen LogP contribution in [0.2, 0.25) is 0 Å². The normalized spacial score (nSPS) is 50.1. The van der Waals surface area contributed by atoms with Gasteiger partial charge >= 0.3 is 0 Å². The summed E-state index contributed by atoms with van der Waals surface area (Å²) in [7, 11) is 0. The molecule has 112 valence electrons. The first-order chi connectivity index (χ1) is 9.63. The molecule has 4 bridgehead atoms. The van der Waals surface area contributed by atoms with Crippen molar-refractivity contribution in [2.24, 2.45) is 29.1 Å². The summed E-state index contributed by atoms with van der Waals surface area (Å²) in [6, 6.07) is 0.472. The second-order valence-electron chi connectivity index (χ2n) is 8.64. The zero-order chi connectivity index (χ0) is 13.7. The molecule has 5 saturated carbocycles. The standard InChI is InChI=1S/C18H29NO/c1-12-3-2-4-16(5-12)19-17(20)18-9-13-6-14(10-18)8-15(7-13)11-18/h12-16H,2-11H2,1H3,(H,19,20)/t12-,13?,14?,15?,16-,18?/m0/s1. The molecule has 20 heavy (non-hydrogen) atoms. The lowest BCUT2D eigenvalue weighted by Crippen LogP contribution is -2.55. The summed E-state index contributed by atoms with van der Waals surface area (Å²) in [4.78, 5) is 13.0. The van der Waals surface area contributed by atoms with Crippen LogP contribution in [0.5, 0.6) is 0 Å². The Kier molecular flexibility index (Phi) is 3.12. The highest BCUT2D eigenvalue weighted by molar-refractivity contribution is 5.83. The van der Waals surface area contributed by atoms with Crippen LogP contribution in [0.25, 0.3) is 0 Å². The van der Waals surface area contributed by atoms with Gasteiger partial charge in [-0.3, -0.25) is 4.79 Å². The number of nitrogens with one attached hydrogen (secondary N) is 1. The molecule has 0 radical (unpaired) electrons. The summed E-state index contributed by atoms with van der Waals surface area (Å²) in [6.45, 7) is 2.34. The van der Waals surface area contributed by atoms with E-state index in [2.05, 4.69) is 12.2 Å². The third-order valence-corrected chi connectivity index (χ3v) is 6.79.